The second-order valence-corrected chi connectivity index (χ2v) is 4.09. The third kappa shape index (κ3) is 1.88. The number of nitrogens with zero attached hydrogens (tertiary/aromatic N) is 1. The number of rotatable bonds is 2. The molecule has 7 heteroatoms. The molecule has 0 saturated carbocycles. The first-order valence-electron chi connectivity index (χ1n) is 5.02. The lowest BCUT2D eigenvalue weighted by Gasteiger charge is -2.33. The van der Waals surface area contributed by atoms with Gasteiger partial charge in [-0.05, 0) is 12.8 Å². The largest absolute Gasteiger partial charge is 0.383 e. The average molecular weight is 241 g/mol. The summed E-state index contributed by atoms with van der Waals surface area (Å²) in [6.45, 7) is -0.0325. The highest BCUT2D eigenvalue weighted by molar-refractivity contribution is 5.84. The maximum Gasteiger partial charge on any atom is 0.383 e. The predicted molar refractivity (Wildman–Crippen MR) is 45.4 cm³/mol. The standard InChI is InChI=1S/C9H11F4NO2/c10-7(11)9(12,13)8(15)14-3-5-1-2-6(4-14)16-5/h5-7H,1-4H2. The number of hydrogen-bond acceptors (Lipinski definition) is 2. The number of halogens is 4. The van der Waals surface area contributed by atoms with Gasteiger partial charge in [0, 0.05) is 13.1 Å². The van der Waals surface area contributed by atoms with E-state index >= 15 is 0 Å². The number of amides is 1. The van der Waals surface area contributed by atoms with Crippen LogP contribution in [0.1, 0.15) is 12.8 Å². The Kier molecular flexibility index (Phi) is 2.81. The molecule has 0 radical (unpaired) electrons. The van der Waals surface area contributed by atoms with Gasteiger partial charge in [0.15, 0.2) is 0 Å². The van der Waals surface area contributed by atoms with Crippen LogP contribution < -0.4 is 0 Å². The minimum atomic E-state index is -4.59. The molecule has 0 spiro atoms. The van der Waals surface area contributed by atoms with E-state index in [2.05, 4.69) is 0 Å². The zero-order valence-corrected chi connectivity index (χ0v) is 8.34. The zero-order chi connectivity index (χ0) is 11.9. The Morgan fingerprint density at radius 3 is 2.19 bits per heavy atom. The molecule has 2 atom stereocenters. The second-order valence-electron chi connectivity index (χ2n) is 4.09. The summed E-state index contributed by atoms with van der Waals surface area (Å²) in [6, 6.07) is 0. The van der Waals surface area contributed by atoms with Gasteiger partial charge in [0.25, 0.3) is 5.91 Å². The fraction of sp³-hybridized carbons (Fsp3) is 0.889. The molecule has 3 nitrogen and oxygen atoms in total. The first kappa shape index (κ1) is 11.6. The number of ether oxygens (including phenoxy) is 1. The molecular weight excluding hydrogens is 230 g/mol. The highest BCUT2D eigenvalue weighted by Gasteiger charge is 2.52. The maximum absolute atomic E-state index is 12.8. The van der Waals surface area contributed by atoms with Crippen molar-refractivity contribution in [2.24, 2.45) is 0 Å². The molecule has 0 aromatic carbocycles. The van der Waals surface area contributed by atoms with Crippen LogP contribution in [0.2, 0.25) is 0 Å². The number of carbonyl (C=O) groups is 1. The van der Waals surface area contributed by atoms with Crippen molar-refractivity contribution < 1.29 is 27.1 Å². The van der Waals surface area contributed by atoms with Gasteiger partial charge >= 0.3 is 12.3 Å². The van der Waals surface area contributed by atoms with Crippen molar-refractivity contribution in [1.29, 1.82) is 0 Å². The molecule has 2 fully saturated rings. The smallest absolute Gasteiger partial charge is 0.371 e. The number of morpholine rings is 1. The molecule has 2 rings (SSSR count). The van der Waals surface area contributed by atoms with Crippen molar-refractivity contribution in [2.45, 2.75) is 37.4 Å². The number of fused-ring (bicyclic) bond motifs is 2. The lowest BCUT2D eigenvalue weighted by atomic mass is 10.2. The van der Waals surface area contributed by atoms with Crippen molar-refractivity contribution in [3.63, 3.8) is 0 Å². The summed E-state index contributed by atoms with van der Waals surface area (Å²) >= 11 is 0. The van der Waals surface area contributed by atoms with E-state index in [4.69, 9.17) is 4.74 Å². The zero-order valence-electron chi connectivity index (χ0n) is 8.34. The Bertz CT molecular complexity index is 285. The molecule has 0 aromatic rings. The quantitative estimate of drug-likeness (QED) is 0.681. The molecule has 92 valence electrons. The van der Waals surface area contributed by atoms with Gasteiger partial charge in [0.05, 0.1) is 12.2 Å². The highest BCUT2D eigenvalue weighted by atomic mass is 19.3. The van der Waals surface area contributed by atoms with Crippen LogP contribution in [0.4, 0.5) is 17.6 Å². The van der Waals surface area contributed by atoms with Crippen molar-refractivity contribution in [2.75, 3.05) is 13.1 Å². The minimum absolute atomic E-state index is 0.0162. The Morgan fingerprint density at radius 2 is 1.75 bits per heavy atom. The van der Waals surface area contributed by atoms with E-state index in [1.807, 2.05) is 0 Å². The van der Waals surface area contributed by atoms with E-state index in [9.17, 15) is 22.4 Å². The van der Waals surface area contributed by atoms with Crippen LogP contribution in [0.5, 0.6) is 0 Å². The van der Waals surface area contributed by atoms with Crippen molar-refractivity contribution in [3.05, 3.63) is 0 Å². The van der Waals surface area contributed by atoms with Crippen molar-refractivity contribution in [3.8, 4) is 0 Å². The van der Waals surface area contributed by atoms with Crippen molar-refractivity contribution in [1.82, 2.24) is 4.90 Å². The van der Waals surface area contributed by atoms with Gasteiger partial charge in [-0.2, -0.15) is 8.78 Å². The summed E-state index contributed by atoms with van der Waals surface area (Å²) < 4.78 is 55.0. The first-order valence-corrected chi connectivity index (χ1v) is 5.02. The number of hydrogen-bond donors (Lipinski definition) is 0. The van der Waals surface area contributed by atoms with Gasteiger partial charge in [-0.1, -0.05) is 0 Å². The second kappa shape index (κ2) is 3.87. The van der Waals surface area contributed by atoms with Crippen LogP contribution >= 0.6 is 0 Å². The summed E-state index contributed by atoms with van der Waals surface area (Å²) in [4.78, 5) is 12.0. The summed E-state index contributed by atoms with van der Waals surface area (Å²) in [5.41, 5.74) is 0. The van der Waals surface area contributed by atoms with E-state index in [0.29, 0.717) is 12.8 Å². The van der Waals surface area contributed by atoms with Crippen molar-refractivity contribution >= 4 is 5.91 Å². The molecule has 16 heavy (non-hydrogen) atoms. The van der Waals surface area contributed by atoms with Crippen LogP contribution in [0.15, 0.2) is 0 Å². The van der Waals surface area contributed by atoms with Crippen LogP contribution in [0, 0.1) is 0 Å². The molecule has 2 bridgehead atoms. The molecule has 0 aliphatic carbocycles. The van der Waals surface area contributed by atoms with Gasteiger partial charge in [-0.15, -0.1) is 0 Å². The Hall–Kier alpha value is -0.850. The van der Waals surface area contributed by atoms with Gasteiger partial charge in [0.1, 0.15) is 0 Å². The van der Waals surface area contributed by atoms with Crippen LogP contribution in [0.3, 0.4) is 0 Å². The fourth-order valence-corrected chi connectivity index (χ4v) is 2.08. The third-order valence-corrected chi connectivity index (χ3v) is 2.89. The van der Waals surface area contributed by atoms with Gasteiger partial charge in [-0.25, -0.2) is 8.78 Å². The molecule has 2 heterocycles. The molecule has 2 aliphatic rings. The summed E-state index contributed by atoms with van der Waals surface area (Å²) in [5.74, 6) is -6.38. The number of alkyl halides is 4. The van der Waals surface area contributed by atoms with Crippen LogP contribution in [-0.2, 0) is 9.53 Å². The number of carbonyl (C=O) groups excluding carboxylic acids is 1. The fourth-order valence-electron chi connectivity index (χ4n) is 2.08. The highest BCUT2D eigenvalue weighted by Crippen LogP contribution is 2.31. The maximum atomic E-state index is 12.8. The molecule has 2 unspecified atom stereocenters. The van der Waals surface area contributed by atoms with E-state index in [1.165, 1.54) is 0 Å². The van der Waals surface area contributed by atoms with E-state index in [0.717, 1.165) is 4.90 Å². The van der Waals surface area contributed by atoms with Crippen LogP contribution in [-0.4, -0.2) is 48.5 Å². The summed E-state index contributed by atoms with van der Waals surface area (Å²) in [7, 11) is 0. The third-order valence-electron chi connectivity index (χ3n) is 2.89. The Balaban J connectivity index is 2.05. The summed E-state index contributed by atoms with van der Waals surface area (Å²) in [6.07, 6.45) is -3.14. The lowest BCUT2D eigenvalue weighted by molar-refractivity contribution is -0.186. The normalized spacial score (nSPS) is 29.9. The topological polar surface area (TPSA) is 29.5 Å². The van der Waals surface area contributed by atoms with Gasteiger partial charge in [-0.3, -0.25) is 4.79 Å². The molecule has 0 N–H and O–H groups in total. The van der Waals surface area contributed by atoms with E-state index in [1.54, 1.807) is 0 Å². The van der Waals surface area contributed by atoms with Gasteiger partial charge in [0.2, 0.25) is 0 Å². The van der Waals surface area contributed by atoms with Gasteiger partial charge < -0.3 is 9.64 Å². The molecular formula is C9H11F4NO2. The van der Waals surface area contributed by atoms with Crippen LogP contribution in [0.25, 0.3) is 0 Å². The molecule has 2 saturated heterocycles. The predicted octanol–water partition coefficient (Wildman–Crippen LogP) is 1.28. The minimum Gasteiger partial charge on any atom is -0.371 e. The Labute approximate surface area is 89.3 Å². The molecule has 1 amide bonds. The Morgan fingerprint density at radius 1 is 1.25 bits per heavy atom. The first-order chi connectivity index (χ1) is 7.41. The summed E-state index contributed by atoms with van der Waals surface area (Å²) in [5, 5.41) is 0. The lowest BCUT2D eigenvalue weighted by Crippen LogP contribution is -2.53. The molecule has 2 aliphatic heterocycles. The average Bonchev–Trinajstić information content (AvgIpc) is 2.56. The molecule has 0 aromatic heterocycles. The van der Waals surface area contributed by atoms with E-state index < -0.39 is 18.3 Å². The van der Waals surface area contributed by atoms with E-state index in [-0.39, 0.29) is 25.3 Å². The monoisotopic (exact) mass is 241 g/mol. The number of likely N-dealkylation sites (tertiary alicyclic amines) is 1. The SMILES string of the molecule is O=C(N1CC2CCC(C1)O2)C(F)(F)C(F)F.